The van der Waals surface area contributed by atoms with Crippen LogP contribution < -0.4 is 11.1 Å². The van der Waals surface area contributed by atoms with Crippen LogP contribution in [0.2, 0.25) is 0 Å². The molecule has 2 saturated heterocycles. The monoisotopic (exact) mass is 285 g/mol. The van der Waals surface area contributed by atoms with Gasteiger partial charge in [0.2, 0.25) is 5.91 Å². The molecule has 0 aromatic heterocycles. The van der Waals surface area contributed by atoms with E-state index in [2.05, 4.69) is 10.2 Å². The molecule has 5 nitrogen and oxygen atoms in total. The van der Waals surface area contributed by atoms with Crippen LogP contribution in [-0.2, 0) is 9.53 Å². The van der Waals surface area contributed by atoms with E-state index in [-0.39, 0.29) is 17.9 Å². The summed E-state index contributed by atoms with van der Waals surface area (Å²) in [5.41, 5.74) is 5.70. The average Bonchev–Trinajstić information content (AvgIpc) is 2.40. The third kappa shape index (κ3) is 4.71. The fourth-order valence-electron chi connectivity index (χ4n) is 2.75. The van der Waals surface area contributed by atoms with Gasteiger partial charge in [-0.3, -0.25) is 9.69 Å². The number of ether oxygens (including phenoxy) is 1. The Morgan fingerprint density at radius 2 is 2.11 bits per heavy atom. The van der Waals surface area contributed by atoms with Crippen molar-refractivity contribution in [2.45, 2.75) is 31.7 Å². The van der Waals surface area contributed by atoms with E-state index >= 15 is 0 Å². The van der Waals surface area contributed by atoms with E-state index in [4.69, 9.17) is 22.7 Å². The number of nitrogens with two attached hydrogens (primary N) is 1. The lowest BCUT2D eigenvalue weighted by atomic mass is 9.98. The quantitative estimate of drug-likeness (QED) is 0.726. The summed E-state index contributed by atoms with van der Waals surface area (Å²) in [5, 5.41) is 3.09. The number of amides is 1. The van der Waals surface area contributed by atoms with Gasteiger partial charge < -0.3 is 15.8 Å². The maximum absolute atomic E-state index is 12.0. The molecule has 3 N–H and O–H groups in total. The molecule has 2 rings (SSSR count). The van der Waals surface area contributed by atoms with E-state index in [0.717, 1.165) is 52.0 Å². The second-order valence-electron chi connectivity index (χ2n) is 5.43. The third-order valence-electron chi connectivity index (χ3n) is 3.86. The van der Waals surface area contributed by atoms with Gasteiger partial charge in [-0.2, -0.15) is 0 Å². The Labute approximate surface area is 119 Å². The molecule has 1 amide bonds. The molecule has 2 aliphatic rings. The van der Waals surface area contributed by atoms with Crippen molar-refractivity contribution < 1.29 is 9.53 Å². The zero-order valence-electron chi connectivity index (χ0n) is 11.3. The van der Waals surface area contributed by atoms with Gasteiger partial charge in [-0.05, 0) is 32.2 Å². The highest BCUT2D eigenvalue weighted by molar-refractivity contribution is 7.80. The zero-order chi connectivity index (χ0) is 13.7. The first-order valence-corrected chi connectivity index (χ1v) is 7.45. The number of piperidine rings is 1. The van der Waals surface area contributed by atoms with Crippen molar-refractivity contribution in [3.63, 3.8) is 0 Å². The third-order valence-corrected chi connectivity index (χ3v) is 4.19. The second-order valence-corrected chi connectivity index (χ2v) is 5.90. The molecule has 19 heavy (non-hydrogen) atoms. The first-order chi connectivity index (χ1) is 9.15. The van der Waals surface area contributed by atoms with Crippen LogP contribution in [0.4, 0.5) is 0 Å². The van der Waals surface area contributed by atoms with Crippen LogP contribution in [0.3, 0.4) is 0 Å². The number of carbonyl (C=O) groups is 1. The van der Waals surface area contributed by atoms with E-state index < -0.39 is 0 Å². The van der Waals surface area contributed by atoms with Gasteiger partial charge in [-0.25, -0.2) is 0 Å². The van der Waals surface area contributed by atoms with Gasteiger partial charge in [0.1, 0.15) is 0 Å². The van der Waals surface area contributed by atoms with E-state index in [1.54, 1.807) is 0 Å². The van der Waals surface area contributed by atoms with E-state index in [9.17, 15) is 4.79 Å². The number of thiocarbonyl (C=S) groups is 1. The summed E-state index contributed by atoms with van der Waals surface area (Å²) in [6.07, 6.45) is 3.95. The molecule has 0 radical (unpaired) electrons. The molecule has 108 valence electrons. The summed E-state index contributed by atoms with van der Waals surface area (Å²) in [5.74, 6) is 0.370. The smallest absolute Gasteiger partial charge is 0.234 e. The van der Waals surface area contributed by atoms with Gasteiger partial charge in [-0.1, -0.05) is 12.2 Å². The van der Waals surface area contributed by atoms with Crippen molar-refractivity contribution in [2.24, 2.45) is 11.7 Å². The largest absolute Gasteiger partial charge is 0.393 e. The highest BCUT2D eigenvalue weighted by Gasteiger charge is 2.24. The fraction of sp³-hybridized carbons (Fsp3) is 0.846. The number of hydrogen-bond acceptors (Lipinski definition) is 4. The molecule has 2 fully saturated rings. The summed E-state index contributed by atoms with van der Waals surface area (Å²) in [6, 6.07) is 0.275. The van der Waals surface area contributed by atoms with Gasteiger partial charge in [0, 0.05) is 31.7 Å². The molecular weight excluding hydrogens is 262 g/mol. The van der Waals surface area contributed by atoms with Crippen molar-refractivity contribution in [2.75, 3.05) is 32.8 Å². The van der Waals surface area contributed by atoms with Crippen molar-refractivity contribution in [1.82, 2.24) is 10.2 Å². The first kappa shape index (κ1) is 14.7. The van der Waals surface area contributed by atoms with Gasteiger partial charge in [0.25, 0.3) is 0 Å². The molecule has 0 saturated carbocycles. The summed E-state index contributed by atoms with van der Waals surface area (Å²) in [6.45, 7) is 3.73. The number of nitrogens with zero attached hydrogens (tertiary/aromatic N) is 1. The molecule has 2 heterocycles. The molecule has 0 spiro atoms. The summed E-state index contributed by atoms with van der Waals surface area (Å²) in [4.78, 5) is 14.7. The van der Waals surface area contributed by atoms with Crippen molar-refractivity contribution >= 4 is 23.1 Å². The van der Waals surface area contributed by atoms with Crippen LogP contribution >= 0.6 is 12.2 Å². The standard InChI is InChI=1S/C13H23N3O2S/c14-13(19)10-2-1-5-16(8-10)9-12(17)15-11-3-6-18-7-4-11/h10-11H,1-9H2,(H2,14,19)(H,15,17). The Morgan fingerprint density at radius 1 is 1.37 bits per heavy atom. The minimum absolute atomic E-state index is 0.107. The van der Waals surface area contributed by atoms with Crippen LogP contribution in [0.1, 0.15) is 25.7 Å². The van der Waals surface area contributed by atoms with Gasteiger partial charge >= 0.3 is 0 Å². The molecule has 1 atom stereocenters. The summed E-state index contributed by atoms with van der Waals surface area (Å²) in [7, 11) is 0. The molecule has 0 aromatic carbocycles. The molecule has 0 aromatic rings. The van der Waals surface area contributed by atoms with Crippen LogP contribution in [0, 0.1) is 5.92 Å². The lowest BCUT2D eigenvalue weighted by molar-refractivity contribution is -0.123. The molecule has 6 heteroatoms. The Balaban J connectivity index is 1.73. The Hall–Kier alpha value is -0.720. The highest BCUT2D eigenvalue weighted by atomic mass is 32.1. The molecular formula is C13H23N3O2S. The van der Waals surface area contributed by atoms with E-state index in [0.29, 0.717) is 11.5 Å². The maximum atomic E-state index is 12.0. The van der Waals surface area contributed by atoms with Crippen molar-refractivity contribution in [3.8, 4) is 0 Å². The highest BCUT2D eigenvalue weighted by Crippen LogP contribution is 2.16. The summed E-state index contributed by atoms with van der Waals surface area (Å²) < 4.78 is 5.28. The van der Waals surface area contributed by atoms with Crippen LogP contribution in [-0.4, -0.2) is 54.7 Å². The molecule has 0 bridgehead atoms. The van der Waals surface area contributed by atoms with Crippen LogP contribution in [0.25, 0.3) is 0 Å². The van der Waals surface area contributed by atoms with Crippen LogP contribution in [0.15, 0.2) is 0 Å². The van der Waals surface area contributed by atoms with Crippen molar-refractivity contribution in [1.29, 1.82) is 0 Å². The normalized spacial score (nSPS) is 26.0. The first-order valence-electron chi connectivity index (χ1n) is 7.04. The van der Waals surface area contributed by atoms with Gasteiger partial charge in [-0.15, -0.1) is 0 Å². The van der Waals surface area contributed by atoms with Gasteiger partial charge in [0.05, 0.1) is 11.5 Å². The predicted octanol–water partition coefficient (Wildman–Crippen LogP) is 0.280. The Bertz CT molecular complexity index is 332. The van der Waals surface area contributed by atoms with Crippen LogP contribution in [0.5, 0.6) is 0 Å². The molecule has 2 aliphatic heterocycles. The number of carbonyl (C=O) groups excluding carboxylic acids is 1. The van der Waals surface area contributed by atoms with E-state index in [1.807, 2.05) is 0 Å². The minimum atomic E-state index is 0.107. The molecule has 1 unspecified atom stereocenters. The average molecular weight is 285 g/mol. The number of likely N-dealkylation sites (tertiary alicyclic amines) is 1. The SMILES string of the molecule is NC(=S)C1CCCN(CC(=O)NC2CCOCC2)C1. The van der Waals surface area contributed by atoms with Crippen molar-refractivity contribution in [3.05, 3.63) is 0 Å². The number of nitrogens with one attached hydrogen (secondary N) is 1. The number of rotatable bonds is 4. The predicted molar refractivity (Wildman–Crippen MR) is 77.9 cm³/mol. The van der Waals surface area contributed by atoms with Gasteiger partial charge in [0.15, 0.2) is 0 Å². The second kappa shape index (κ2) is 7.17. The topological polar surface area (TPSA) is 67.6 Å². The zero-order valence-corrected chi connectivity index (χ0v) is 12.1. The Morgan fingerprint density at radius 3 is 2.79 bits per heavy atom. The fourth-order valence-corrected chi connectivity index (χ4v) is 2.94. The van der Waals surface area contributed by atoms with E-state index in [1.165, 1.54) is 0 Å². The lowest BCUT2D eigenvalue weighted by Gasteiger charge is -2.32. The lowest BCUT2D eigenvalue weighted by Crippen LogP contribution is -2.48. The summed E-state index contributed by atoms with van der Waals surface area (Å²) >= 11 is 5.05. The molecule has 0 aliphatic carbocycles. The Kier molecular flexibility index (Phi) is 5.54. The minimum Gasteiger partial charge on any atom is -0.393 e. The maximum Gasteiger partial charge on any atom is 0.234 e. The number of hydrogen-bond donors (Lipinski definition) is 2.